The number of aryl methyl sites for hydroxylation is 1. The number of rotatable bonds is 3. The molecule has 0 spiro atoms. The van der Waals surface area contributed by atoms with E-state index in [1.807, 2.05) is 0 Å². The normalized spacial score (nSPS) is 10.2. The van der Waals surface area contributed by atoms with Crippen LogP contribution < -0.4 is 5.32 Å². The number of carbonyl (C=O) groups is 1. The molecule has 1 aromatic heterocycles. The maximum absolute atomic E-state index is 13.5. The summed E-state index contributed by atoms with van der Waals surface area (Å²) in [6, 6.07) is 3.95. The van der Waals surface area contributed by atoms with Crippen LogP contribution in [0.5, 0.6) is 0 Å². The monoisotopic (exact) mass is 353 g/mol. The summed E-state index contributed by atoms with van der Waals surface area (Å²) in [6.45, 7) is 1.58. The van der Waals surface area contributed by atoms with E-state index in [1.165, 1.54) is 24.4 Å². The number of anilines is 1. The second-order valence-electron chi connectivity index (χ2n) is 4.19. The van der Waals surface area contributed by atoms with Crippen molar-refractivity contribution in [1.29, 1.82) is 0 Å². The van der Waals surface area contributed by atoms with Gasteiger partial charge < -0.3 is 5.32 Å². The Hall–Kier alpha value is -2.35. The SMILES string of the molecule is Cc1cc(Br)c(NC(=O)c2ccncc2F)cc1[N+](=O)[O-]. The third kappa shape index (κ3) is 3.22. The van der Waals surface area contributed by atoms with Gasteiger partial charge in [0.15, 0.2) is 5.82 Å². The Morgan fingerprint density at radius 1 is 1.48 bits per heavy atom. The van der Waals surface area contributed by atoms with Crippen LogP contribution in [-0.4, -0.2) is 15.8 Å². The van der Waals surface area contributed by atoms with Crippen LogP contribution in [0.15, 0.2) is 35.1 Å². The molecule has 0 bridgehead atoms. The van der Waals surface area contributed by atoms with Crippen LogP contribution in [0.1, 0.15) is 15.9 Å². The minimum atomic E-state index is -0.771. The van der Waals surface area contributed by atoms with Crippen molar-refractivity contribution < 1.29 is 14.1 Å². The average molecular weight is 354 g/mol. The zero-order valence-corrected chi connectivity index (χ0v) is 12.3. The topological polar surface area (TPSA) is 85.1 Å². The summed E-state index contributed by atoms with van der Waals surface area (Å²) in [7, 11) is 0. The molecule has 0 fully saturated rings. The van der Waals surface area contributed by atoms with Gasteiger partial charge in [0, 0.05) is 22.3 Å². The number of nitrogens with zero attached hydrogens (tertiary/aromatic N) is 2. The predicted molar refractivity (Wildman–Crippen MR) is 77.7 cm³/mol. The molecule has 1 heterocycles. The number of carbonyl (C=O) groups excluding carboxylic acids is 1. The van der Waals surface area contributed by atoms with Gasteiger partial charge in [0.2, 0.25) is 0 Å². The van der Waals surface area contributed by atoms with Crippen molar-refractivity contribution >= 4 is 33.2 Å². The molecule has 0 saturated heterocycles. The van der Waals surface area contributed by atoms with Crippen LogP contribution >= 0.6 is 15.9 Å². The van der Waals surface area contributed by atoms with Gasteiger partial charge in [0.25, 0.3) is 11.6 Å². The minimum absolute atomic E-state index is 0.135. The van der Waals surface area contributed by atoms with E-state index < -0.39 is 16.6 Å². The number of nitro benzene ring substituents is 1. The Balaban J connectivity index is 2.36. The van der Waals surface area contributed by atoms with Crippen LogP contribution in [0.3, 0.4) is 0 Å². The van der Waals surface area contributed by atoms with Gasteiger partial charge in [-0.3, -0.25) is 19.9 Å². The maximum Gasteiger partial charge on any atom is 0.274 e. The molecule has 0 atom stereocenters. The van der Waals surface area contributed by atoms with Crippen molar-refractivity contribution in [2.75, 3.05) is 5.32 Å². The second kappa shape index (κ2) is 5.96. The number of aromatic nitrogens is 1. The van der Waals surface area contributed by atoms with Gasteiger partial charge in [-0.25, -0.2) is 4.39 Å². The van der Waals surface area contributed by atoms with E-state index in [-0.39, 0.29) is 16.9 Å². The quantitative estimate of drug-likeness (QED) is 0.676. The summed E-state index contributed by atoms with van der Waals surface area (Å²) in [5.41, 5.74) is 0.303. The molecule has 0 aliphatic heterocycles. The summed E-state index contributed by atoms with van der Waals surface area (Å²) in [6.07, 6.45) is 2.20. The van der Waals surface area contributed by atoms with Gasteiger partial charge in [-0.05, 0) is 35.0 Å². The number of hydrogen-bond donors (Lipinski definition) is 1. The number of amides is 1. The lowest BCUT2D eigenvalue weighted by Gasteiger charge is -2.09. The lowest BCUT2D eigenvalue weighted by atomic mass is 10.1. The summed E-state index contributed by atoms with van der Waals surface area (Å²) in [5.74, 6) is -1.48. The first-order chi connectivity index (χ1) is 9.90. The van der Waals surface area contributed by atoms with Gasteiger partial charge in [-0.2, -0.15) is 0 Å². The van der Waals surface area contributed by atoms with Gasteiger partial charge in [0.1, 0.15) is 0 Å². The molecular weight excluding hydrogens is 345 g/mol. The van der Waals surface area contributed by atoms with Crippen LogP contribution in [0, 0.1) is 22.9 Å². The fraction of sp³-hybridized carbons (Fsp3) is 0.0769. The van der Waals surface area contributed by atoms with Crippen molar-refractivity contribution in [3.63, 3.8) is 0 Å². The number of hydrogen-bond acceptors (Lipinski definition) is 4. The highest BCUT2D eigenvalue weighted by atomic mass is 79.9. The highest BCUT2D eigenvalue weighted by Gasteiger charge is 2.17. The molecule has 0 aliphatic rings. The summed E-state index contributed by atoms with van der Waals surface area (Å²) < 4.78 is 13.9. The van der Waals surface area contributed by atoms with E-state index in [4.69, 9.17) is 0 Å². The molecule has 1 N–H and O–H groups in total. The number of benzene rings is 1. The molecule has 0 unspecified atom stereocenters. The van der Waals surface area contributed by atoms with Crippen molar-refractivity contribution in [2.24, 2.45) is 0 Å². The van der Waals surface area contributed by atoms with Gasteiger partial charge in [0.05, 0.1) is 22.4 Å². The number of halogens is 2. The molecule has 21 heavy (non-hydrogen) atoms. The zero-order chi connectivity index (χ0) is 15.6. The standard InChI is InChI=1S/C13H9BrFN3O3/c1-7-4-9(14)11(5-12(7)18(20)21)17-13(19)8-2-3-16-6-10(8)15/h2-6H,1H3,(H,17,19). The number of pyridine rings is 1. The lowest BCUT2D eigenvalue weighted by molar-refractivity contribution is -0.385. The predicted octanol–water partition coefficient (Wildman–Crippen LogP) is 3.45. The van der Waals surface area contributed by atoms with Crippen LogP contribution in [-0.2, 0) is 0 Å². The molecule has 1 amide bonds. The molecule has 0 aliphatic carbocycles. The highest BCUT2D eigenvalue weighted by Crippen LogP contribution is 2.31. The molecule has 6 nitrogen and oxygen atoms in total. The van der Waals surface area contributed by atoms with Gasteiger partial charge in [-0.1, -0.05) is 0 Å². The Kier molecular flexibility index (Phi) is 4.27. The largest absolute Gasteiger partial charge is 0.321 e. The summed E-state index contributed by atoms with van der Waals surface area (Å²) in [5, 5.41) is 13.3. The molecule has 0 saturated carbocycles. The fourth-order valence-corrected chi connectivity index (χ4v) is 2.26. The third-order valence-electron chi connectivity index (χ3n) is 2.75. The minimum Gasteiger partial charge on any atom is -0.321 e. The van der Waals surface area contributed by atoms with Gasteiger partial charge >= 0.3 is 0 Å². The first kappa shape index (κ1) is 15.0. The van der Waals surface area contributed by atoms with Crippen LogP contribution in [0.25, 0.3) is 0 Å². The second-order valence-corrected chi connectivity index (χ2v) is 5.04. The smallest absolute Gasteiger partial charge is 0.274 e. The van der Waals surface area contributed by atoms with Crippen LogP contribution in [0.2, 0.25) is 0 Å². The number of nitro groups is 1. The summed E-state index contributed by atoms with van der Waals surface area (Å²) >= 11 is 3.21. The third-order valence-corrected chi connectivity index (χ3v) is 3.40. The Labute approximate surface area is 127 Å². The summed E-state index contributed by atoms with van der Waals surface area (Å²) in [4.78, 5) is 25.9. The first-order valence-corrected chi connectivity index (χ1v) is 6.55. The van der Waals surface area contributed by atoms with Crippen molar-refractivity contribution in [3.8, 4) is 0 Å². The molecule has 1 aromatic carbocycles. The molecule has 2 aromatic rings. The number of nitrogens with one attached hydrogen (secondary N) is 1. The first-order valence-electron chi connectivity index (χ1n) is 5.75. The zero-order valence-electron chi connectivity index (χ0n) is 10.8. The maximum atomic E-state index is 13.5. The average Bonchev–Trinajstić information content (AvgIpc) is 2.41. The molecular formula is C13H9BrFN3O3. The fourth-order valence-electron chi connectivity index (χ4n) is 1.70. The molecule has 8 heteroatoms. The van der Waals surface area contributed by atoms with Crippen molar-refractivity contribution in [1.82, 2.24) is 4.98 Å². The van der Waals surface area contributed by atoms with E-state index in [0.29, 0.717) is 10.0 Å². The molecule has 108 valence electrons. The van der Waals surface area contributed by atoms with Crippen molar-refractivity contribution in [3.05, 3.63) is 62.1 Å². The van der Waals surface area contributed by atoms with Crippen molar-refractivity contribution in [2.45, 2.75) is 6.92 Å². The van der Waals surface area contributed by atoms with E-state index >= 15 is 0 Å². The lowest BCUT2D eigenvalue weighted by Crippen LogP contribution is -2.14. The van der Waals surface area contributed by atoms with E-state index in [1.54, 1.807) is 6.92 Å². The highest BCUT2D eigenvalue weighted by molar-refractivity contribution is 9.10. The van der Waals surface area contributed by atoms with E-state index in [2.05, 4.69) is 26.2 Å². The molecule has 2 rings (SSSR count). The molecule has 0 radical (unpaired) electrons. The Morgan fingerprint density at radius 2 is 2.19 bits per heavy atom. The Morgan fingerprint density at radius 3 is 2.81 bits per heavy atom. The van der Waals surface area contributed by atoms with Crippen LogP contribution in [0.4, 0.5) is 15.8 Å². The van der Waals surface area contributed by atoms with E-state index in [0.717, 1.165) is 6.20 Å². The van der Waals surface area contributed by atoms with E-state index in [9.17, 15) is 19.3 Å². The van der Waals surface area contributed by atoms with Gasteiger partial charge in [-0.15, -0.1) is 0 Å². The Bertz CT molecular complexity index is 737.